The predicted octanol–water partition coefficient (Wildman–Crippen LogP) is 31.3. The Morgan fingerprint density at radius 2 is 0.261 bits per heavy atom. The van der Waals surface area contributed by atoms with Gasteiger partial charge in [0.05, 0.1) is 22.3 Å². The summed E-state index contributed by atoms with van der Waals surface area (Å²) in [6.07, 6.45) is 0. The first kappa shape index (κ1) is 81.4. The summed E-state index contributed by atoms with van der Waals surface area (Å²) in [6, 6.07) is 160. The molecular weight excluding hydrogens is 1650 g/mol. The van der Waals surface area contributed by atoms with Crippen LogP contribution in [0.4, 0.5) is 102 Å². The Balaban J connectivity index is 0.592. The summed E-state index contributed by atoms with van der Waals surface area (Å²) in [7, 11) is 0. The Morgan fingerprint density at radius 3 is 0.425 bits per heavy atom. The van der Waals surface area contributed by atoms with Gasteiger partial charge >= 0.3 is 22.5 Å². The summed E-state index contributed by atoms with van der Waals surface area (Å²) in [6.45, 7) is 0. The van der Waals surface area contributed by atoms with Gasteiger partial charge in [0.2, 0.25) is 0 Å². The zero-order valence-corrected chi connectivity index (χ0v) is 72.1. The summed E-state index contributed by atoms with van der Waals surface area (Å²) in [5.41, 5.74) is 22.1. The third-order valence-electron chi connectivity index (χ3n) is 24.4. The van der Waals surface area contributed by atoms with E-state index in [2.05, 4.69) is 175 Å². The molecule has 0 saturated carbocycles. The molecule has 14 nitrogen and oxygen atoms in total. The molecule has 0 fully saturated rings. The summed E-state index contributed by atoms with van der Waals surface area (Å²) in [5, 5.41) is 3.07. The van der Waals surface area contributed by atoms with Crippen molar-refractivity contribution in [3.8, 4) is 55.6 Å². The molecule has 0 bridgehead atoms. The molecule has 0 unspecified atom stereocenters. The Labute approximate surface area is 771 Å². The molecule has 0 saturated heterocycles. The van der Waals surface area contributed by atoms with E-state index in [1.54, 1.807) is 0 Å². The van der Waals surface area contributed by atoms with Crippen molar-refractivity contribution < 1.29 is 17.7 Å². The molecular formula is C120H80N6O8. The van der Waals surface area contributed by atoms with Crippen LogP contribution in [0.1, 0.15) is 0 Å². The average molecular weight is 1730 g/mol. The summed E-state index contributed by atoms with van der Waals surface area (Å²) in [4.78, 5) is 70.1. The van der Waals surface area contributed by atoms with Gasteiger partial charge in [-0.15, -0.1) is 0 Å². The second-order valence-corrected chi connectivity index (χ2v) is 32.7. The first-order valence-electron chi connectivity index (χ1n) is 44.2. The minimum atomic E-state index is -0.472. The molecule has 0 aliphatic rings. The van der Waals surface area contributed by atoms with Crippen LogP contribution in [0.2, 0.25) is 0 Å². The largest absolute Gasteiger partial charge is 0.422 e. The fourth-order valence-electron chi connectivity index (χ4n) is 17.8. The highest BCUT2D eigenvalue weighted by atomic mass is 16.4. The number of rotatable bonds is 23. The van der Waals surface area contributed by atoms with Crippen LogP contribution in [-0.2, 0) is 0 Å². The molecule has 0 atom stereocenters. The quantitative estimate of drug-likeness (QED) is 0.0561. The number of anilines is 18. The van der Waals surface area contributed by atoms with Crippen molar-refractivity contribution in [2.45, 2.75) is 0 Å². The third-order valence-corrected chi connectivity index (χ3v) is 24.4. The molecule has 0 aliphatic carbocycles. The molecule has 638 valence electrons. The Morgan fingerprint density at radius 1 is 0.127 bits per heavy atom. The summed E-state index contributed by atoms with van der Waals surface area (Å²) >= 11 is 0. The fourth-order valence-corrected chi connectivity index (χ4v) is 17.8. The molecule has 0 N–H and O–H groups in total. The van der Waals surface area contributed by atoms with Crippen LogP contribution in [0.25, 0.3) is 99.5 Å². The monoisotopic (exact) mass is 1730 g/mol. The predicted molar refractivity (Wildman–Crippen MR) is 546 cm³/mol. The minimum absolute atomic E-state index is 0.414. The van der Waals surface area contributed by atoms with Crippen LogP contribution in [0.5, 0.6) is 0 Å². The van der Waals surface area contributed by atoms with E-state index in [0.717, 1.165) is 135 Å². The molecule has 0 amide bonds. The van der Waals surface area contributed by atoms with E-state index < -0.39 is 22.5 Å². The molecule has 18 aromatic carbocycles. The van der Waals surface area contributed by atoms with Crippen LogP contribution in [-0.4, -0.2) is 0 Å². The fraction of sp³-hybridized carbons (Fsp3) is 0. The second kappa shape index (κ2) is 35.7. The maximum absolute atomic E-state index is 14.3. The lowest BCUT2D eigenvalue weighted by atomic mass is 10.0. The highest BCUT2D eigenvalue weighted by Gasteiger charge is 2.25. The van der Waals surface area contributed by atoms with Gasteiger partial charge in [0.1, 0.15) is 22.3 Å². The van der Waals surface area contributed by atoms with Crippen molar-refractivity contribution in [1.29, 1.82) is 0 Å². The van der Waals surface area contributed by atoms with E-state index in [1.807, 2.05) is 340 Å². The van der Waals surface area contributed by atoms with E-state index >= 15 is 0 Å². The Bertz CT molecular complexity index is 7190. The number of para-hydroxylation sites is 8. The zero-order chi connectivity index (χ0) is 90.0. The van der Waals surface area contributed by atoms with Crippen LogP contribution in [0.3, 0.4) is 0 Å². The number of nitrogens with zero attached hydrogens (tertiary/aromatic N) is 6. The summed E-state index contributed by atoms with van der Waals surface area (Å²) < 4.78 is 24.9. The van der Waals surface area contributed by atoms with Gasteiger partial charge in [-0.25, -0.2) is 19.2 Å². The topological polar surface area (TPSA) is 140 Å². The van der Waals surface area contributed by atoms with Gasteiger partial charge in [0.25, 0.3) is 0 Å². The van der Waals surface area contributed by atoms with Gasteiger partial charge < -0.3 is 47.1 Å². The van der Waals surface area contributed by atoms with E-state index in [1.165, 1.54) is 0 Å². The van der Waals surface area contributed by atoms with Crippen LogP contribution < -0.4 is 51.9 Å². The third kappa shape index (κ3) is 16.3. The minimum Gasteiger partial charge on any atom is -0.422 e. The maximum Gasteiger partial charge on any atom is 0.344 e. The van der Waals surface area contributed by atoms with Gasteiger partial charge in [0, 0.05) is 148 Å². The van der Waals surface area contributed by atoms with Crippen LogP contribution >= 0.6 is 0 Å². The van der Waals surface area contributed by atoms with Crippen molar-refractivity contribution in [3.63, 3.8) is 0 Å². The first-order valence-corrected chi connectivity index (χ1v) is 44.2. The van der Waals surface area contributed by atoms with Gasteiger partial charge in [-0.05, 0) is 276 Å². The average Bonchev–Trinajstić information content (AvgIpc) is 0.779. The lowest BCUT2D eigenvalue weighted by Gasteiger charge is -2.27. The lowest BCUT2D eigenvalue weighted by Crippen LogP contribution is -2.11. The number of benzene rings is 18. The molecule has 4 aromatic heterocycles. The van der Waals surface area contributed by atoms with E-state index in [0.29, 0.717) is 66.8 Å². The van der Waals surface area contributed by atoms with E-state index in [4.69, 9.17) is 17.7 Å². The normalized spacial score (nSPS) is 11.3. The highest BCUT2D eigenvalue weighted by molar-refractivity contribution is 5.95. The van der Waals surface area contributed by atoms with E-state index in [-0.39, 0.29) is 0 Å². The van der Waals surface area contributed by atoms with Crippen molar-refractivity contribution in [2.24, 2.45) is 0 Å². The molecule has 134 heavy (non-hydrogen) atoms. The van der Waals surface area contributed by atoms with Gasteiger partial charge in [-0.2, -0.15) is 0 Å². The molecule has 4 heterocycles. The molecule has 0 radical (unpaired) electrons. The van der Waals surface area contributed by atoms with Gasteiger partial charge in [-0.3, -0.25) is 0 Å². The van der Waals surface area contributed by atoms with Crippen LogP contribution in [0.15, 0.2) is 522 Å². The van der Waals surface area contributed by atoms with Gasteiger partial charge in [0.15, 0.2) is 0 Å². The molecule has 22 rings (SSSR count). The maximum atomic E-state index is 14.3. The lowest BCUT2D eigenvalue weighted by molar-refractivity contribution is 0.563. The van der Waals surface area contributed by atoms with Crippen molar-refractivity contribution in [3.05, 3.63) is 527 Å². The SMILES string of the molecule is O=c1oc2cc(N(c3ccccc3)c3ccccc3)ccc2cc1-c1ccc(N(c2ccc(-c3ccc(N(c4ccc(-c5cc6ccc(N(c7ccccc7)c7ccccc7)cc6oc5=O)cc4)c4ccc(-c5cc6ccc(N(c7ccccc7)c7ccccc7)cc6oc5=O)cc4)cc3)cc2)c2ccc(-c3cc4ccc(N(c5ccccc5)c5ccccc5)cc4oc3=O)cc2)cc1. The molecule has 14 heteroatoms. The Hall–Kier alpha value is -18.4. The van der Waals surface area contributed by atoms with Crippen LogP contribution in [0, 0.1) is 0 Å². The number of hydrogen-bond donors (Lipinski definition) is 0. The Kier molecular flexibility index (Phi) is 21.7. The molecule has 22 aromatic rings. The smallest absolute Gasteiger partial charge is 0.344 e. The number of hydrogen-bond acceptors (Lipinski definition) is 14. The van der Waals surface area contributed by atoms with Crippen molar-refractivity contribution >= 4 is 146 Å². The summed E-state index contributed by atoms with van der Waals surface area (Å²) in [5.74, 6) is 0. The standard InChI is InChI=1S/C120H80N6O8/c127-117-109(73-87-53-69-105(77-113(87)131-117)123(91-25-9-1-10-26-91)92-27-11-2-12-28-92)83-45-61-101(62-46-83)121(102-63-47-84(48-64-102)110-74-88-54-70-106(78-114(88)132-118(110)128)124(93-29-13-3-14-30-93)94-31-15-4-16-32-94)99-57-41-81(42-58-99)82-43-59-100(60-44-82)122(103-65-49-85(50-66-103)111-75-89-55-71-107(79-115(89)133-119(111)129)125(95-33-17-5-18-34-95)96-35-19-6-20-36-96)104-67-51-86(52-68-104)112-76-90-56-72-108(80-116(90)134-120(112)130)126(97-37-21-7-22-38-97)98-39-23-8-24-40-98/h1-80H. The number of fused-ring (bicyclic) bond motifs is 4. The second-order valence-electron chi connectivity index (χ2n) is 32.7. The van der Waals surface area contributed by atoms with Crippen molar-refractivity contribution in [2.75, 3.05) is 29.4 Å². The zero-order valence-electron chi connectivity index (χ0n) is 72.1. The first-order chi connectivity index (χ1) is 66.0. The molecule has 0 spiro atoms. The van der Waals surface area contributed by atoms with Gasteiger partial charge in [-0.1, -0.05) is 218 Å². The molecule has 0 aliphatic heterocycles. The highest BCUT2D eigenvalue weighted by Crippen LogP contribution is 2.46. The van der Waals surface area contributed by atoms with Crippen molar-refractivity contribution in [1.82, 2.24) is 0 Å². The van der Waals surface area contributed by atoms with E-state index in [9.17, 15) is 19.2 Å².